The molecule has 11 nitrogen and oxygen atoms in total. The zero-order chi connectivity index (χ0) is 24.0. The van der Waals surface area contributed by atoms with Gasteiger partial charge in [-0.15, -0.1) is 23.5 Å². The SMILES string of the molecule is O=C1N[C@@H]2SCCCN2C(O)=C1C(C1=C(O)N2CCCS[C@@H]2NC1=O)c1ccc([N+](=O)[O-])cc1. The number of thioether (sulfide) groups is 2. The number of non-ortho nitro benzene ring substituents is 1. The van der Waals surface area contributed by atoms with Gasteiger partial charge in [0.05, 0.1) is 22.0 Å². The Morgan fingerprint density at radius 1 is 0.912 bits per heavy atom. The number of aliphatic hydroxyl groups excluding tert-OH is 2. The summed E-state index contributed by atoms with van der Waals surface area (Å²) in [6.07, 6.45) is 1.61. The van der Waals surface area contributed by atoms with Crippen molar-refractivity contribution in [3.05, 3.63) is 62.9 Å². The van der Waals surface area contributed by atoms with Gasteiger partial charge in [-0.05, 0) is 29.9 Å². The molecule has 4 N–H and O–H groups in total. The van der Waals surface area contributed by atoms with Gasteiger partial charge in [0.25, 0.3) is 17.5 Å². The number of nitro benzene ring substituents is 1. The number of fused-ring (bicyclic) bond motifs is 2. The third-order valence-electron chi connectivity index (χ3n) is 6.24. The van der Waals surface area contributed by atoms with Gasteiger partial charge in [-0.25, -0.2) is 0 Å². The molecule has 34 heavy (non-hydrogen) atoms. The molecule has 0 spiro atoms. The first-order valence-corrected chi connectivity index (χ1v) is 13.0. The third kappa shape index (κ3) is 3.82. The molecule has 0 saturated carbocycles. The van der Waals surface area contributed by atoms with Crippen LogP contribution in [-0.2, 0) is 9.59 Å². The van der Waals surface area contributed by atoms with E-state index in [2.05, 4.69) is 10.6 Å². The number of hydrogen-bond acceptors (Lipinski definition) is 10. The highest BCUT2D eigenvalue weighted by Crippen LogP contribution is 2.42. The Kier molecular flexibility index (Phi) is 5.98. The monoisotopic (exact) mass is 505 g/mol. The molecule has 4 aliphatic heterocycles. The van der Waals surface area contributed by atoms with Crippen LogP contribution >= 0.6 is 23.5 Å². The summed E-state index contributed by atoms with van der Waals surface area (Å²) in [5, 5.41) is 39.3. The minimum Gasteiger partial charge on any atom is -0.494 e. The molecule has 2 fully saturated rings. The molecule has 5 rings (SSSR count). The zero-order valence-electron chi connectivity index (χ0n) is 18.0. The highest BCUT2D eigenvalue weighted by molar-refractivity contribution is 8.00. The number of carbonyl (C=O) groups excluding carboxylic acids is 2. The van der Waals surface area contributed by atoms with E-state index in [4.69, 9.17) is 0 Å². The van der Waals surface area contributed by atoms with Crippen LogP contribution in [0, 0.1) is 10.1 Å². The molecule has 3 atom stereocenters. The molecule has 0 aliphatic carbocycles. The van der Waals surface area contributed by atoms with Crippen molar-refractivity contribution >= 4 is 41.0 Å². The molecule has 13 heteroatoms. The summed E-state index contributed by atoms with van der Waals surface area (Å²) in [6, 6.07) is 5.44. The number of carbonyl (C=O) groups is 2. The van der Waals surface area contributed by atoms with Crippen LogP contribution in [0.1, 0.15) is 24.3 Å². The summed E-state index contributed by atoms with van der Waals surface area (Å²) in [5.41, 5.74) is -0.786. The van der Waals surface area contributed by atoms with E-state index >= 15 is 0 Å². The van der Waals surface area contributed by atoms with E-state index in [1.807, 2.05) is 0 Å². The Hall–Kier alpha value is -3.06. The van der Waals surface area contributed by atoms with Crippen molar-refractivity contribution in [1.29, 1.82) is 0 Å². The molecule has 0 aromatic heterocycles. The van der Waals surface area contributed by atoms with Gasteiger partial charge >= 0.3 is 0 Å². The number of nitrogens with one attached hydrogen (secondary N) is 2. The van der Waals surface area contributed by atoms with Gasteiger partial charge in [0, 0.05) is 25.2 Å². The summed E-state index contributed by atoms with van der Waals surface area (Å²) in [6.45, 7) is 1.03. The summed E-state index contributed by atoms with van der Waals surface area (Å²) in [4.78, 5) is 40.5. The Balaban J connectivity index is 1.67. The first-order chi connectivity index (χ1) is 16.4. The number of hydrogen-bond donors (Lipinski definition) is 4. The van der Waals surface area contributed by atoms with Crippen LogP contribution < -0.4 is 10.6 Å². The molecule has 180 valence electrons. The van der Waals surface area contributed by atoms with Crippen molar-refractivity contribution in [2.45, 2.75) is 29.8 Å². The molecular weight excluding hydrogens is 482 g/mol. The smallest absolute Gasteiger partial charge is 0.269 e. The highest BCUT2D eigenvalue weighted by Gasteiger charge is 2.45. The van der Waals surface area contributed by atoms with Crippen molar-refractivity contribution in [3.8, 4) is 0 Å². The molecule has 1 aromatic carbocycles. The van der Waals surface area contributed by atoms with Crippen molar-refractivity contribution in [2.24, 2.45) is 0 Å². The summed E-state index contributed by atoms with van der Waals surface area (Å²) >= 11 is 2.99. The van der Waals surface area contributed by atoms with Gasteiger partial charge in [0.15, 0.2) is 22.8 Å². The van der Waals surface area contributed by atoms with Gasteiger partial charge in [-0.3, -0.25) is 19.7 Å². The maximum absolute atomic E-state index is 13.3. The molecular formula is C21H23N5O6S2. The number of nitrogens with zero attached hydrogens (tertiary/aromatic N) is 3. The van der Waals surface area contributed by atoms with Crippen LogP contribution in [0.25, 0.3) is 0 Å². The van der Waals surface area contributed by atoms with Crippen LogP contribution in [0.15, 0.2) is 47.2 Å². The molecule has 2 amide bonds. The fraction of sp³-hybridized carbons (Fsp3) is 0.429. The van der Waals surface area contributed by atoms with Gasteiger partial charge in [-0.2, -0.15) is 0 Å². The second-order valence-electron chi connectivity index (χ2n) is 8.24. The predicted octanol–water partition coefficient (Wildman–Crippen LogP) is 1.92. The Bertz CT molecular complexity index is 1050. The fourth-order valence-corrected chi connectivity index (χ4v) is 6.82. The first kappa shape index (κ1) is 22.7. The summed E-state index contributed by atoms with van der Waals surface area (Å²) in [5.74, 6) is -1.10. The minimum absolute atomic E-state index is 0.0765. The minimum atomic E-state index is -1.14. The van der Waals surface area contributed by atoms with Gasteiger partial charge in [0.1, 0.15) is 0 Å². The number of rotatable bonds is 4. The summed E-state index contributed by atoms with van der Waals surface area (Å²) < 4.78 is 0. The second kappa shape index (κ2) is 8.95. The number of amides is 2. The van der Waals surface area contributed by atoms with Crippen molar-refractivity contribution in [1.82, 2.24) is 20.4 Å². The van der Waals surface area contributed by atoms with E-state index in [0.717, 1.165) is 24.3 Å². The second-order valence-corrected chi connectivity index (χ2v) is 10.6. The lowest BCUT2D eigenvalue weighted by molar-refractivity contribution is -0.384. The average Bonchev–Trinajstić information content (AvgIpc) is 2.83. The largest absolute Gasteiger partial charge is 0.494 e. The highest BCUT2D eigenvalue weighted by atomic mass is 32.2. The zero-order valence-corrected chi connectivity index (χ0v) is 19.6. The lowest BCUT2D eigenvalue weighted by Gasteiger charge is -2.44. The lowest BCUT2D eigenvalue weighted by atomic mass is 9.82. The maximum atomic E-state index is 13.3. The van der Waals surface area contributed by atoms with Crippen LogP contribution in [0.2, 0.25) is 0 Å². The van der Waals surface area contributed by atoms with Gasteiger partial charge in [0.2, 0.25) is 0 Å². The average molecular weight is 506 g/mol. The van der Waals surface area contributed by atoms with Gasteiger partial charge < -0.3 is 30.6 Å². The van der Waals surface area contributed by atoms with E-state index < -0.39 is 33.7 Å². The Labute approximate surface area is 203 Å². The van der Waals surface area contributed by atoms with E-state index in [1.54, 1.807) is 9.80 Å². The van der Waals surface area contributed by atoms with E-state index in [1.165, 1.54) is 47.8 Å². The molecule has 4 heterocycles. The summed E-state index contributed by atoms with van der Waals surface area (Å²) in [7, 11) is 0. The first-order valence-electron chi connectivity index (χ1n) is 10.9. The molecule has 0 radical (unpaired) electrons. The third-order valence-corrected chi connectivity index (χ3v) is 8.67. The topological polar surface area (TPSA) is 148 Å². The lowest BCUT2D eigenvalue weighted by Crippen LogP contribution is -2.56. The standard InChI is InChI=1S/C21H23N5O6S2/c27-16-14(18(29)24-7-1-9-33-20(24)22-16)13(11-3-5-12(6-4-11)26(31)32)15-17(28)23-21-25(19(15)30)8-2-10-34-21/h3-6,13,20-21,29-30H,1-2,7-10H2,(H,22,27)(H,23,28)/t13?,20-,21+. The molecule has 4 aliphatic rings. The number of nitro groups is 1. The fourth-order valence-electron chi connectivity index (χ4n) is 4.63. The van der Waals surface area contributed by atoms with Crippen LogP contribution in [0.3, 0.4) is 0 Å². The maximum Gasteiger partial charge on any atom is 0.269 e. The van der Waals surface area contributed by atoms with Crippen LogP contribution in [-0.4, -0.2) is 72.3 Å². The quantitative estimate of drug-likeness (QED) is 0.353. The van der Waals surface area contributed by atoms with Crippen molar-refractivity contribution in [3.63, 3.8) is 0 Å². The van der Waals surface area contributed by atoms with Crippen LogP contribution in [0.5, 0.6) is 0 Å². The van der Waals surface area contributed by atoms with Crippen molar-refractivity contribution in [2.75, 3.05) is 24.6 Å². The Morgan fingerprint density at radius 2 is 1.38 bits per heavy atom. The van der Waals surface area contributed by atoms with E-state index in [0.29, 0.717) is 18.7 Å². The van der Waals surface area contributed by atoms with Gasteiger partial charge in [-0.1, -0.05) is 12.1 Å². The predicted molar refractivity (Wildman–Crippen MR) is 127 cm³/mol. The van der Waals surface area contributed by atoms with E-state index in [9.17, 15) is 29.9 Å². The Morgan fingerprint density at radius 3 is 1.82 bits per heavy atom. The van der Waals surface area contributed by atoms with Crippen molar-refractivity contribution < 1.29 is 24.7 Å². The number of aliphatic hydroxyl groups is 2. The normalized spacial score (nSPS) is 25.9. The molecule has 0 bridgehead atoms. The van der Waals surface area contributed by atoms with E-state index in [-0.39, 0.29) is 28.6 Å². The number of benzene rings is 1. The molecule has 1 aromatic rings. The molecule has 2 saturated heterocycles. The molecule has 1 unspecified atom stereocenters. The van der Waals surface area contributed by atoms with Crippen LogP contribution in [0.4, 0.5) is 5.69 Å².